The topological polar surface area (TPSA) is 158 Å². The summed E-state index contributed by atoms with van der Waals surface area (Å²) in [6.45, 7) is 22.5. The van der Waals surface area contributed by atoms with E-state index in [1.165, 1.54) is 12.8 Å². The van der Waals surface area contributed by atoms with Crippen LogP contribution in [0.5, 0.6) is 0 Å². The minimum Gasteiger partial charge on any atom is -0.465 e. The van der Waals surface area contributed by atoms with Gasteiger partial charge < -0.3 is 28.4 Å². The number of rotatable bonds is 19. The largest absolute Gasteiger partial charge is 0.465 e. The van der Waals surface area contributed by atoms with Crippen LogP contribution in [0.2, 0.25) is 0 Å². The third kappa shape index (κ3) is 18.4. The maximum absolute atomic E-state index is 12.0. The Balaban J connectivity index is 0.000000451. The Morgan fingerprint density at radius 2 is 0.667 bits per heavy atom. The van der Waals surface area contributed by atoms with Gasteiger partial charge in [0.15, 0.2) is 13.2 Å². The van der Waals surface area contributed by atoms with Crippen molar-refractivity contribution in [2.45, 2.75) is 235 Å². The molecule has 0 unspecified atom stereocenters. The lowest BCUT2D eigenvalue weighted by molar-refractivity contribution is -0.176. The van der Waals surface area contributed by atoms with Gasteiger partial charge in [0.1, 0.15) is 23.4 Å². The molecule has 3 rings (SSSR count). The second-order valence-corrected chi connectivity index (χ2v) is 19.1. The molecule has 3 saturated carbocycles. The minimum absolute atomic E-state index is 0.112. The molecular weight excluding hydrogens is 769 g/mol. The van der Waals surface area contributed by atoms with Crippen molar-refractivity contribution in [3.05, 3.63) is 0 Å². The molecule has 0 heterocycles. The summed E-state index contributed by atoms with van der Waals surface area (Å²) in [5.74, 6) is -2.03. The van der Waals surface area contributed by atoms with Crippen molar-refractivity contribution < 1.29 is 57.2 Å². The zero-order valence-electron chi connectivity index (χ0n) is 39.9. The van der Waals surface area contributed by atoms with Crippen molar-refractivity contribution >= 4 is 35.8 Å². The van der Waals surface area contributed by atoms with Crippen LogP contribution in [0.1, 0.15) is 218 Å². The van der Waals surface area contributed by atoms with Crippen molar-refractivity contribution in [3.8, 4) is 0 Å². The summed E-state index contributed by atoms with van der Waals surface area (Å²) < 4.78 is 32.1. The number of hydrogen-bond acceptors (Lipinski definition) is 12. The highest BCUT2D eigenvalue weighted by Gasteiger charge is 2.38. The normalized spacial score (nSPS) is 18.2. The molecule has 348 valence electrons. The summed E-state index contributed by atoms with van der Waals surface area (Å²) in [5.41, 5.74) is -2.50. The molecule has 0 radical (unpaired) electrons. The number of hydrogen-bond donors (Lipinski definition) is 0. The lowest BCUT2D eigenvalue weighted by Gasteiger charge is -2.36. The molecule has 0 aromatic rings. The Morgan fingerprint density at radius 3 is 0.950 bits per heavy atom. The standard InChI is InChI=1S/C17H30O4.C16H28O4.C15H26O4/c1-5-16(3,4)15(19)20-13-10-14(18)21-17(6-2)11-8-7-9-12-17;1-5-15(3,4)14(18)19-12-13(17)20-16(6-2)10-8-7-9-11-16;1-5-14(3,4)13(17)18-11-12(16)19-15(6-2)9-7-8-10-15/h5-13H2,1-4H3;5-12H2,1-4H3;5-11H2,1-4H3. The summed E-state index contributed by atoms with van der Waals surface area (Å²) in [7, 11) is 0. The van der Waals surface area contributed by atoms with Crippen LogP contribution in [0.25, 0.3) is 0 Å². The molecule has 0 spiro atoms. The molecule has 3 aliphatic rings. The molecule has 0 amide bonds. The van der Waals surface area contributed by atoms with Gasteiger partial charge in [0.05, 0.1) is 22.7 Å². The Morgan fingerprint density at radius 1 is 0.400 bits per heavy atom. The first-order valence-electron chi connectivity index (χ1n) is 23.2. The fourth-order valence-electron chi connectivity index (χ4n) is 7.32. The molecule has 0 saturated heterocycles. The first-order chi connectivity index (χ1) is 28.1. The molecular formula is C48H84O12. The van der Waals surface area contributed by atoms with Crippen molar-refractivity contribution in [1.29, 1.82) is 0 Å². The molecule has 12 nitrogen and oxygen atoms in total. The summed E-state index contributed by atoms with van der Waals surface area (Å²) in [5, 5.41) is 0. The molecule has 0 bridgehead atoms. The highest BCUT2D eigenvalue weighted by molar-refractivity contribution is 5.80. The van der Waals surface area contributed by atoms with E-state index in [2.05, 4.69) is 6.92 Å². The van der Waals surface area contributed by atoms with Gasteiger partial charge in [0.25, 0.3) is 0 Å². The minimum atomic E-state index is -0.548. The van der Waals surface area contributed by atoms with E-state index in [0.29, 0.717) is 12.8 Å². The molecule has 3 fully saturated rings. The first-order valence-corrected chi connectivity index (χ1v) is 23.2. The highest BCUT2D eigenvalue weighted by atomic mass is 16.6. The highest BCUT2D eigenvalue weighted by Crippen LogP contribution is 2.37. The van der Waals surface area contributed by atoms with Crippen molar-refractivity contribution in [1.82, 2.24) is 0 Å². The Bertz CT molecular complexity index is 1340. The molecule has 0 aromatic heterocycles. The second kappa shape index (κ2) is 25.7. The van der Waals surface area contributed by atoms with Crippen LogP contribution in [0.4, 0.5) is 0 Å². The smallest absolute Gasteiger partial charge is 0.344 e. The van der Waals surface area contributed by atoms with Crippen molar-refractivity contribution in [2.75, 3.05) is 19.8 Å². The van der Waals surface area contributed by atoms with Gasteiger partial charge in [-0.25, -0.2) is 9.59 Å². The SMILES string of the molecule is CCC1(OC(=O)CCOC(=O)C(C)(C)CC)CCCCC1.CCC1(OC(=O)COC(=O)C(C)(C)CC)CCCC1.CCC1(OC(=O)COC(=O)C(C)(C)CC)CCCCC1. The van der Waals surface area contributed by atoms with Gasteiger partial charge in [0, 0.05) is 0 Å². The predicted octanol–water partition coefficient (Wildman–Crippen LogP) is 10.9. The summed E-state index contributed by atoms with van der Waals surface area (Å²) in [6.07, 6.45) is 19.4. The van der Waals surface area contributed by atoms with Crippen molar-refractivity contribution in [2.24, 2.45) is 16.2 Å². The van der Waals surface area contributed by atoms with Crippen LogP contribution < -0.4 is 0 Å². The predicted molar refractivity (Wildman–Crippen MR) is 232 cm³/mol. The van der Waals surface area contributed by atoms with E-state index in [0.717, 1.165) is 103 Å². The van der Waals surface area contributed by atoms with E-state index in [1.54, 1.807) is 0 Å². The lowest BCUT2D eigenvalue weighted by atomic mass is 9.83. The van der Waals surface area contributed by atoms with E-state index < -0.39 is 28.2 Å². The van der Waals surface area contributed by atoms with Gasteiger partial charge in [-0.15, -0.1) is 0 Å². The second-order valence-electron chi connectivity index (χ2n) is 19.1. The van der Waals surface area contributed by atoms with Crippen molar-refractivity contribution in [3.63, 3.8) is 0 Å². The van der Waals surface area contributed by atoms with Gasteiger partial charge in [0.2, 0.25) is 0 Å². The number of ether oxygens (including phenoxy) is 6. The summed E-state index contributed by atoms with van der Waals surface area (Å²) in [6, 6.07) is 0. The molecule has 0 N–H and O–H groups in total. The van der Waals surface area contributed by atoms with Gasteiger partial charge >= 0.3 is 35.8 Å². The Hall–Kier alpha value is -3.18. The third-order valence-electron chi connectivity index (χ3n) is 13.5. The quantitative estimate of drug-likeness (QED) is 0.0896. The van der Waals surface area contributed by atoms with Crippen LogP contribution in [-0.2, 0) is 57.2 Å². The number of carbonyl (C=O) groups is 6. The lowest BCUT2D eigenvalue weighted by Crippen LogP contribution is -2.38. The van der Waals surface area contributed by atoms with Crippen LogP contribution in [0.15, 0.2) is 0 Å². The zero-order valence-corrected chi connectivity index (χ0v) is 39.9. The molecule has 0 aliphatic heterocycles. The maximum atomic E-state index is 12.0. The van der Waals surface area contributed by atoms with Gasteiger partial charge in [-0.05, 0) is 157 Å². The van der Waals surface area contributed by atoms with Gasteiger partial charge in [-0.3, -0.25) is 19.2 Å². The fourth-order valence-corrected chi connectivity index (χ4v) is 7.32. The molecule has 3 aliphatic carbocycles. The molecule has 12 heteroatoms. The van der Waals surface area contributed by atoms with Crippen LogP contribution >= 0.6 is 0 Å². The first kappa shape index (κ1) is 54.8. The van der Waals surface area contributed by atoms with Gasteiger partial charge in [-0.2, -0.15) is 0 Å². The van der Waals surface area contributed by atoms with E-state index in [4.69, 9.17) is 28.4 Å². The molecule has 0 aromatic carbocycles. The average Bonchev–Trinajstić information content (AvgIpc) is 3.71. The van der Waals surface area contributed by atoms with E-state index >= 15 is 0 Å². The monoisotopic (exact) mass is 853 g/mol. The van der Waals surface area contributed by atoms with E-state index in [9.17, 15) is 28.8 Å². The Kier molecular flexibility index (Phi) is 23.5. The van der Waals surface area contributed by atoms with E-state index in [1.807, 2.05) is 76.2 Å². The average molecular weight is 853 g/mol. The van der Waals surface area contributed by atoms with Crippen LogP contribution in [0, 0.1) is 16.2 Å². The van der Waals surface area contributed by atoms with Crippen LogP contribution in [0.3, 0.4) is 0 Å². The molecule has 60 heavy (non-hydrogen) atoms. The Labute approximate surface area is 363 Å². The zero-order chi connectivity index (χ0) is 45.7. The summed E-state index contributed by atoms with van der Waals surface area (Å²) >= 11 is 0. The fraction of sp³-hybridized carbons (Fsp3) is 0.875. The third-order valence-corrected chi connectivity index (χ3v) is 13.5. The van der Waals surface area contributed by atoms with E-state index in [-0.39, 0.29) is 66.9 Å². The molecule has 0 atom stereocenters. The van der Waals surface area contributed by atoms with Crippen LogP contribution in [-0.4, -0.2) is 72.4 Å². The summed E-state index contributed by atoms with van der Waals surface area (Å²) in [4.78, 5) is 71.0. The number of esters is 6. The van der Waals surface area contributed by atoms with Gasteiger partial charge in [-0.1, -0.05) is 54.4 Å². The maximum Gasteiger partial charge on any atom is 0.344 e. The number of carbonyl (C=O) groups excluding carboxylic acids is 6.